The fraction of sp³-hybridized carbons (Fsp3) is 0.188. The molecule has 1 unspecified atom stereocenters. The fourth-order valence-corrected chi connectivity index (χ4v) is 2.85. The lowest BCUT2D eigenvalue weighted by molar-refractivity contribution is 0.263. The molecule has 2 aromatic rings. The van der Waals surface area contributed by atoms with E-state index in [0.717, 1.165) is 0 Å². The summed E-state index contributed by atoms with van der Waals surface area (Å²) in [5.41, 5.74) is 1.91. The third-order valence-electron chi connectivity index (χ3n) is 3.84. The maximum absolute atomic E-state index is 13.4. The monoisotopic (exact) mass is 268 g/mol. The van der Waals surface area contributed by atoms with E-state index >= 15 is 0 Å². The van der Waals surface area contributed by atoms with Gasteiger partial charge in [-0.2, -0.15) is 5.10 Å². The molecule has 2 aromatic carbocycles. The van der Waals surface area contributed by atoms with Gasteiger partial charge in [0, 0.05) is 18.2 Å². The number of anilines is 1. The van der Waals surface area contributed by atoms with Crippen LogP contribution in [0.5, 0.6) is 5.75 Å². The van der Waals surface area contributed by atoms with Gasteiger partial charge in [-0.3, -0.25) is 5.01 Å². The van der Waals surface area contributed by atoms with E-state index in [1.165, 1.54) is 17.7 Å². The molecule has 20 heavy (non-hydrogen) atoms. The number of nitrogens with zero attached hydrogens (tertiary/aromatic N) is 2. The number of hydrogen-bond acceptors (Lipinski definition) is 3. The first-order valence-electron chi connectivity index (χ1n) is 6.63. The molecule has 2 aliphatic rings. The van der Waals surface area contributed by atoms with Gasteiger partial charge in [-0.25, -0.2) is 4.39 Å². The van der Waals surface area contributed by atoms with Crippen LogP contribution in [0.25, 0.3) is 0 Å². The van der Waals surface area contributed by atoms with Crippen molar-refractivity contribution in [2.45, 2.75) is 12.0 Å². The third kappa shape index (κ3) is 1.68. The highest BCUT2D eigenvalue weighted by molar-refractivity contribution is 5.77. The van der Waals surface area contributed by atoms with Crippen LogP contribution < -0.4 is 9.75 Å². The van der Waals surface area contributed by atoms with E-state index in [-0.39, 0.29) is 17.8 Å². The molecule has 0 bridgehead atoms. The standard InChI is InChI=1S/C16H13FN2O/c17-12-6-7-16-14(8-12)19-15(10-20-16)13(9-18-19)11-4-2-1-3-5-11/h1-9,13,15H,10H2/t13-,15?/m1/s1. The lowest BCUT2D eigenvalue weighted by atomic mass is 9.93. The summed E-state index contributed by atoms with van der Waals surface area (Å²) in [5.74, 6) is 0.590. The Labute approximate surface area is 116 Å². The van der Waals surface area contributed by atoms with Crippen molar-refractivity contribution in [1.29, 1.82) is 0 Å². The van der Waals surface area contributed by atoms with Gasteiger partial charge in [-0.1, -0.05) is 30.3 Å². The smallest absolute Gasteiger partial charge is 0.144 e. The summed E-state index contributed by atoms with van der Waals surface area (Å²) in [6.45, 7) is 0.554. The normalized spacial score (nSPS) is 23.1. The first kappa shape index (κ1) is 11.5. The van der Waals surface area contributed by atoms with Crippen LogP contribution in [0.4, 0.5) is 10.1 Å². The van der Waals surface area contributed by atoms with Crippen molar-refractivity contribution in [1.82, 2.24) is 0 Å². The van der Waals surface area contributed by atoms with Gasteiger partial charge in [-0.05, 0) is 17.7 Å². The van der Waals surface area contributed by atoms with Crippen LogP contribution in [0, 0.1) is 5.82 Å². The summed E-state index contributed by atoms with van der Waals surface area (Å²) in [6, 6.07) is 14.8. The van der Waals surface area contributed by atoms with Crippen LogP contribution in [-0.4, -0.2) is 18.9 Å². The summed E-state index contributed by atoms with van der Waals surface area (Å²) in [4.78, 5) is 0. The van der Waals surface area contributed by atoms with Crippen molar-refractivity contribution in [3.63, 3.8) is 0 Å². The number of fused-ring (bicyclic) bond motifs is 3. The molecule has 0 amide bonds. The van der Waals surface area contributed by atoms with Crippen molar-refractivity contribution < 1.29 is 9.13 Å². The van der Waals surface area contributed by atoms with E-state index in [9.17, 15) is 4.39 Å². The molecule has 0 aliphatic carbocycles. The predicted molar refractivity (Wildman–Crippen MR) is 75.8 cm³/mol. The molecule has 0 aromatic heterocycles. The van der Waals surface area contributed by atoms with Gasteiger partial charge < -0.3 is 4.74 Å². The average molecular weight is 268 g/mol. The fourth-order valence-electron chi connectivity index (χ4n) is 2.85. The number of hydrazone groups is 1. The largest absolute Gasteiger partial charge is 0.489 e. The SMILES string of the molecule is Fc1ccc2c(c1)N1N=C[C@H](c3ccccc3)C1CO2. The Bertz CT molecular complexity index is 671. The first-order chi connectivity index (χ1) is 9.83. The third-order valence-corrected chi connectivity index (χ3v) is 3.84. The predicted octanol–water partition coefficient (Wildman–Crippen LogP) is 3.18. The van der Waals surface area contributed by atoms with Crippen molar-refractivity contribution >= 4 is 11.9 Å². The topological polar surface area (TPSA) is 24.8 Å². The second-order valence-corrected chi connectivity index (χ2v) is 5.04. The highest BCUT2D eigenvalue weighted by atomic mass is 19.1. The molecule has 0 radical (unpaired) electrons. The number of benzene rings is 2. The van der Waals surface area contributed by atoms with E-state index in [1.807, 2.05) is 29.4 Å². The van der Waals surface area contributed by atoms with Crippen molar-refractivity contribution in [3.05, 3.63) is 59.9 Å². The molecule has 3 nitrogen and oxygen atoms in total. The molecule has 0 N–H and O–H groups in total. The molecule has 4 heteroatoms. The van der Waals surface area contributed by atoms with Gasteiger partial charge in [0.2, 0.25) is 0 Å². The summed E-state index contributed by atoms with van der Waals surface area (Å²) in [6.07, 6.45) is 1.92. The maximum atomic E-state index is 13.4. The van der Waals surface area contributed by atoms with Gasteiger partial charge >= 0.3 is 0 Å². The minimum atomic E-state index is -0.272. The summed E-state index contributed by atoms with van der Waals surface area (Å²) >= 11 is 0. The molecule has 0 saturated heterocycles. The Morgan fingerprint density at radius 3 is 2.85 bits per heavy atom. The van der Waals surface area contributed by atoms with Crippen LogP contribution in [-0.2, 0) is 0 Å². The Morgan fingerprint density at radius 2 is 2.00 bits per heavy atom. The van der Waals surface area contributed by atoms with Crippen LogP contribution in [0.15, 0.2) is 53.6 Å². The van der Waals surface area contributed by atoms with Gasteiger partial charge in [0.25, 0.3) is 0 Å². The zero-order chi connectivity index (χ0) is 13.5. The molecule has 2 aliphatic heterocycles. The van der Waals surface area contributed by atoms with Crippen LogP contribution in [0.2, 0.25) is 0 Å². The number of rotatable bonds is 1. The zero-order valence-electron chi connectivity index (χ0n) is 10.7. The molecule has 2 atom stereocenters. The number of ether oxygens (including phenoxy) is 1. The Hall–Kier alpha value is -2.36. The average Bonchev–Trinajstić information content (AvgIpc) is 2.92. The first-order valence-corrected chi connectivity index (χ1v) is 6.63. The molecule has 0 fully saturated rings. The van der Waals surface area contributed by atoms with E-state index in [4.69, 9.17) is 4.74 Å². The van der Waals surface area contributed by atoms with E-state index in [2.05, 4.69) is 17.2 Å². The van der Waals surface area contributed by atoms with E-state index in [0.29, 0.717) is 18.0 Å². The van der Waals surface area contributed by atoms with Crippen LogP contribution in [0.3, 0.4) is 0 Å². The molecule has 0 saturated carbocycles. The van der Waals surface area contributed by atoms with Crippen LogP contribution >= 0.6 is 0 Å². The van der Waals surface area contributed by atoms with Crippen molar-refractivity contribution in [2.24, 2.45) is 5.10 Å². The van der Waals surface area contributed by atoms with Gasteiger partial charge in [0.05, 0.1) is 6.04 Å². The molecule has 2 heterocycles. The van der Waals surface area contributed by atoms with Crippen molar-refractivity contribution in [2.75, 3.05) is 11.6 Å². The second kappa shape index (κ2) is 4.34. The Morgan fingerprint density at radius 1 is 1.15 bits per heavy atom. The quantitative estimate of drug-likeness (QED) is 0.793. The number of hydrogen-bond donors (Lipinski definition) is 0. The second-order valence-electron chi connectivity index (χ2n) is 5.04. The zero-order valence-corrected chi connectivity index (χ0v) is 10.7. The molecule has 0 spiro atoms. The molecular formula is C16H13FN2O. The van der Waals surface area contributed by atoms with Crippen LogP contribution in [0.1, 0.15) is 11.5 Å². The maximum Gasteiger partial charge on any atom is 0.144 e. The summed E-state index contributed by atoms with van der Waals surface area (Å²) < 4.78 is 19.2. The minimum Gasteiger partial charge on any atom is -0.489 e. The summed E-state index contributed by atoms with van der Waals surface area (Å²) in [5, 5.41) is 6.33. The van der Waals surface area contributed by atoms with Gasteiger partial charge in [0.15, 0.2) is 0 Å². The van der Waals surface area contributed by atoms with Crippen molar-refractivity contribution in [3.8, 4) is 5.75 Å². The summed E-state index contributed by atoms with van der Waals surface area (Å²) in [7, 11) is 0. The van der Waals surface area contributed by atoms with Gasteiger partial charge in [0.1, 0.15) is 23.9 Å². The Balaban J connectivity index is 1.72. The highest BCUT2D eigenvalue weighted by Crippen LogP contribution is 2.40. The van der Waals surface area contributed by atoms with Gasteiger partial charge in [-0.15, -0.1) is 0 Å². The highest BCUT2D eigenvalue weighted by Gasteiger charge is 2.38. The van der Waals surface area contributed by atoms with E-state index < -0.39 is 0 Å². The molecular weight excluding hydrogens is 255 g/mol. The molecule has 100 valence electrons. The Kier molecular flexibility index (Phi) is 2.49. The lowest BCUT2D eigenvalue weighted by Gasteiger charge is -2.33. The lowest BCUT2D eigenvalue weighted by Crippen LogP contribution is -2.40. The van der Waals surface area contributed by atoms with E-state index in [1.54, 1.807) is 6.07 Å². The number of halogens is 1. The molecule has 4 rings (SSSR count). The minimum absolute atomic E-state index is 0.0895.